The smallest absolute Gasteiger partial charge is 0.167 e. The Labute approximate surface area is 114 Å². The van der Waals surface area contributed by atoms with Gasteiger partial charge in [0, 0.05) is 16.6 Å². The molecule has 18 heavy (non-hydrogen) atoms. The van der Waals surface area contributed by atoms with Crippen molar-refractivity contribution in [2.75, 3.05) is 0 Å². The monoisotopic (exact) mass is 309 g/mol. The van der Waals surface area contributed by atoms with Crippen molar-refractivity contribution in [1.29, 1.82) is 0 Å². The van der Waals surface area contributed by atoms with Gasteiger partial charge in [-0.2, -0.15) is 0 Å². The van der Waals surface area contributed by atoms with E-state index in [1.54, 1.807) is 18.2 Å². The second kappa shape index (κ2) is 5.50. The van der Waals surface area contributed by atoms with E-state index in [0.717, 1.165) is 10.0 Å². The van der Waals surface area contributed by atoms with Crippen molar-refractivity contribution in [2.24, 2.45) is 5.73 Å². The third kappa shape index (κ3) is 2.71. The minimum absolute atomic E-state index is 0.199. The molecule has 4 heteroatoms. The van der Waals surface area contributed by atoms with E-state index in [-0.39, 0.29) is 12.3 Å². The zero-order valence-corrected chi connectivity index (χ0v) is 11.5. The topological polar surface area (TPSA) is 35.2 Å². The fourth-order valence-electron chi connectivity index (χ4n) is 1.67. The van der Waals surface area contributed by atoms with E-state index in [4.69, 9.17) is 10.5 Å². The summed E-state index contributed by atoms with van der Waals surface area (Å²) in [6.07, 6.45) is 0. The Morgan fingerprint density at radius 1 is 1.28 bits per heavy atom. The summed E-state index contributed by atoms with van der Waals surface area (Å²) < 4.78 is 20.3. The minimum Gasteiger partial charge on any atom is -0.454 e. The van der Waals surface area contributed by atoms with E-state index < -0.39 is 5.82 Å². The van der Waals surface area contributed by atoms with Crippen molar-refractivity contribution in [3.63, 3.8) is 0 Å². The highest BCUT2D eigenvalue weighted by Gasteiger charge is 2.11. The van der Waals surface area contributed by atoms with Crippen molar-refractivity contribution in [2.45, 2.75) is 13.5 Å². The maximum Gasteiger partial charge on any atom is 0.167 e. The standard InChI is InChI=1S/C14H13BrFNO/c1-9-7-11(15)5-6-13(9)18-14-10(8-17)3-2-4-12(14)16/h2-7H,8,17H2,1H3. The Balaban J connectivity index is 2.39. The molecule has 0 atom stereocenters. The van der Waals surface area contributed by atoms with Gasteiger partial charge in [0.15, 0.2) is 11.6 Å². The van der Waals surface area contributed by atoms with Gasteiger partial charge < -0.3 is 10.5 Å². The maximum atomic E-state index is 13.7. The highest BCUT2D eigenvalue weighted by Crippen LogP contribution is 2.31. The van der Waals surface area contributed by atoms with Crippen LogP contribution in [0.15, 0.2) is 40.9 Å². The Kier molecular flexibility index (Phi) is 3.99. The molecule has 0 amide bonds. The van der Waals surface area contributed by atoms with E-state index in [9.17, 15) is 4.39 Å². The van der Waals surface area contributed by atoms with Crippen LogP contribution in [0.3, 0.4) is 0 Å². The van der Waals surface area contributed by atoms with Crippen molar-refractivity contribution >= 4 is 15.9 Å². The van der Waals surface area contributed by atoms with E-state index >= 15 is 0 Å². The number of para-hydroxylation sites is 1. The van der Waals surface area contributed by atoms with E-state index in [1.165, 1.54) is 6.07 Å². The molecule has 0 bridgehead atoms. The molecule has 0 aliphatic carbocycles. The molecule has 94 valence electrons. The molecule has 0 fully saturated rings. The van der Waals surface area contributed by atoms with Gasteiger partial charge in [-0.05, 0) is 36.8 Å². The van der Waals surface area contributed by atoms with Crippen molar-refractivity contribution in [3.05, 3.63) is 57.8 Å². The molecular weight excluding hydrogens is 297 g/mol. The summed E-state index contributed by atoms with van der Waals surface area (Å²) in [6.45, 7) is 2.14. The Morgan fingerprint density at radius 2 is 2.06 bits per heavy atom. The number of halogens is 2. The van der Waals surface area contributed by atoms with Crippen LogP contribution in [0.25, 0.3) is 0 Å². The molecule has 0 aliphatic heterocycles. The van der Waals surface area contributed by atoms with Crippen LogP contribution in [0, 0.1) is 12.7 Å². The van der Waals surface area contributed by atoms with Gasteiger partial charge in [-0.15, -0.1) is 0 Å². The minimum atomic E-state index is -0.403. The first-order valence-corrected chi connectivity index (χ1v) is 6.32. The molecule has 0 aromatic heterocycles. The average Bonchev–Trinajstić information content (AvgIpc) is 2.34. The fraction of sp³-hybridized carbons (Fsp3) is 0.143. The highest BCUT2D eigenvalue weighted by atomic mass is 79.9. The molecule has 0 spiro atoms. The van der Waals surface area contributed by atoms with Crippen molar-refractivity contribution in [1.82, 2.24) is 0 Å². The molecule has 2 aromatic rings. The predicted octanol–water partition coefficient (Wildman–Crippen LogP) is 4.15. The predicted molar refractivity (Wildman–Crippen MR) is 73.2 cm³/mol. The van der Waals surface area contributed by atoms with Crippen LogP contribution in [0.4, 0.5) is 4.39 Å². The van der Waals surface area contributed by atoms with Crippen LogP contribution in [-0.4, -0.2) is 0 Å². The molecule has 2 rings (SSSR count). The summed E-state index contributed by atoms with van der Waals surface area (Å²) in [5, 5.41) is 0. The SMILES string of the molecule is Cc1cc(Br)ccc1Oc1c(F)cccc1CN. The first-order chi connectivity index (χ1) is 8.61. The second-order valence-corrected chi connectivity index (χ2v) is 4.86. The normalized spacial score (nSPS) is 10.4. The summed E-state index contributed by atoms with van der Waals surface area (Å²) in [5.41, 5.74) is 7.16. The van der Waals surface area contributed by atoms with Gasteiger partial charge in [0.2, 0.25) is 0 Å². The van der Waals surface area contributed by atoms with Gasteiger partial charge in [0.25, 0.3) is 0 Å². The first kappa shape index (κ1) is 13.1. The van der Waals surface area contributed by atoms with Crippen LogP contribution in [-0.2, 0) is 6.54 Å². The third-order valence-corrected chi connectivity index (χ3v) is 3.11. The number of rotatable bonds is 3. The lowest BCUT2D eigenvalue weighted by Gasteiger charge is -2.13. The molecule has 2 N–H and O–H groups in total. The number of hydrogen-bond acceptors (Lipinski definition) is 2. The number of hydrogen-bond donors (Lipinski definition) is 1. The molecule has 2 aromatic carbocycles. The van der Waals surface area contributed by atoms with Gasteiger partial charge in [-0.3, -0.25) is 0 Å². The Morgan fingerprint density at radius 3 is 2.72 bits per heavy atom. The molecule has 0 saturated carbocycles. The van der Waals surface area contributed by atoms with Crippen LogP contribution in [0.1, 0.15) is 11.1 Å². The fourth-order valence-corrected chi connectivity index (χ4v) is 2.14. The lowest BCUT2D eigenvalue weighted by molar-refractivity contribution is 0.433. The Hall–Kier alpha value is -1.39. The average molecular weight is 310 g/mol. The molecular formula is C14H13BrFNO. The van der Waals surface area contributed by atoms with Gasteiger partial charge in [0.05, 0.1) is 0 Å². The number of aryl methyl sites for hydroxylation is 1. The molecule has 0 unspecified atom stereocenters. The quantitative estimate of drug-likeness (QED) is 0.924. The van der Waals surface area contributed by atoms with Crippen molar-refractivity contribution in [3.8, 4) is 11.5 Å². The summed E-state index contributed by atoms with van der Waals surface area (Å²) in [6, 6.07) is 10.3. The summed E-state index contributed by atoms with van der Waals surface area (Å²) in [4.78, 5) is 0. The van der Waals surface area contributed by atoms with Crippen LogP contribution in [0.5, 0.6) is 11.5 Å². The van der Waals surface area contributed by atoms with Gasteiger partial charge in [0.1, 0.15) is 5.75 Å². The van der Waals surface area contributed by atoms with E-state index in [1.807, 2.05) is 19.1 Å². The summed E-state index contributed by atoms with van der Waals surface area (Å²) >= 11 is 3.37. The molecule has 0 saturated heterocycles. The zero-order valence-electron chi connectivity index (χ0n) is 9.91. The lowest BCUT2D eigenvalue weighted by Crippen LogP contribution is -2.01. The van der Waals surface area contributed by atoms with Crippen LogP contribution in [0.2, 0.25) is 0 Å². The van der Waals surface area contributed by atoms with Gasteiger partial charge in [-0.1, -0.05) is 28.1 Å². The molecule has 2 nitrogen and oxygen atoms in total. The molecule has 0 radical (unpaired) electrons. The van der Waals surface area contributed by atoms with Crippen molar-refractivity contribution < 1.29 is 9.13 Å². The Bertz CT molecular complexity index is 572. The molecule has 0 aliphatic rings. The van der Waals surface area contributed by atoms with Gasteiger partial charge in [-0.25, -0.2) is 4.39 Å². The number of ether oxygens (including phenoxy) is 1. The largest absolute Gasteiger partial charge is 0.454 e. The zero-order chi connectivity index (χ0) is 13.1. The summed E-state index contributed by atoms with van der Waals surface area (Å²) in [5.74, 6) is 0.420. The summed E-state index contributed by atoms with van der Waals surface area (Å²) in [7, 11) is 0. The lowest BCUT2D eigenvalue weighted by atomic mass is 10.2. The molecule has 0 heterocycles. The first-order valence-electron chi connectivity index (χ1n) is 5.53. The maximum absolute atomic E-state index is 13.7. The van der Waals surface area contributed by atoms with E-state index in [0.29, 0.717) is 11.3 Å². The van der Waals surface area contributed by atoms with Gasteiger partial charge >= 0.3 is 0 Å². The van der Waals surface area contributed by atoms with Crippen LogP contribution < -0.4 is 10.5 Å². The number of nitrogens with two attached hydrogens (primary N) is 1. The van der Waals surface area contributed by atoms with E-state index in [2.05, 4.69) is 15.9 Å². The highest BCUT2D eigenvalue weighted by molar-refractivity contribution is 9.10. The van der Waals surface area contributed by atoms with Crippen LogP contribution >= 0.6 is 15.9 Å². The second-order valence-electron chi connectivity index (χ2n) is 3.94. The number of benzene rings is 2. The third-order valence-electron chi connectivity index (χ3n) is 2.62.